The van der Waals surface area contributed by atoms with Crippen molar-refractivity contribution >= 4 is 9.28 Å². The van der Waals surface area contributed by atoms with Crippen LogP contribution in [0.5, 0.6) is 0 Å². The lowest BCUT2D eigenvalue weighted by molar-refractivity contribution is 0.272. The second-order valence-electron chi connectivity index (χ2n) is 2.75. The van der Waals surface area contributed by atoms with Crippen molar-refractivity contribution in [1.82, 2.24) is 0 Å². The number of hydrogen-bond acceptors (Lipinski definition) is 3. The third-order valence-corrected chi connectivity index (χ3v) is 3.83. The topological polar surface area (TPSA) is 42.2 Å². The molecule has 0 spiro atoms. The Hall–Kier alpha value is -0.373. The zero-order chi connectivity index (χ0) is 9.40. The molecule has 1 atom stereocenters. The Morgan fingerprint density at radius 2 is 2.00 bits per heavy atom. The van der Waals surface area contributed by atoms with E-state index in [1.54, 1.807) is 14.2 Å². The monoisotopic (exact) mass is 187 g/mol. The largest absolute Gasteiger partial charge is 0.400 e. The molecule has 3 nitrogen and oxygen atoms in total. The summed E-state index contributed by atoms with van der Waals surface area (Å²) in [5.74, 6) is 0.117. The quantitative estimate of drug-likeness (QED) is 0.591. The van der Waals surface area contributed by atoms with Crippen LogP contribution < -0.4 is 0 Å². The average molecular weight is 187 g/mol. The molecule has 1 unspecified atom stereocenters. The predicted molar refractivity (Wildman–Crippen MR) is 50.0 cm³/mol. The van der Waals surface area contributed by atoms with Crippen LogP contribution in [-0.2, 0) is 8.85 Å². The lowest BCUT2D eigenvalue weighted by Crippen LogP contribution is -2.22. The minimum atomic E-state index is -1.52. The van der Waals surface area contributed by atoms with Crippen LogP contribution >= 0.6 is 0 Å². The molecule has 70 valence electrons. The van der Waals surface area contributed by atoms with Gasteiger partial charge in [0.05, 0.1) is 6.07 Å². The molecule has 0 aromatic rings. The molecule has 0 aliphatic heterocycles. The van der Waals surface area contributed by atoms with Crippen molar-refractivity contribution in [3.8, 4) is 6.07 Å². The average Bonchev–Trinajstić information content (AvgIpc) is 2.12. The Labute approximate surface area is 76.1 Å². The minimum Gasteiger partial charge on any atom is -0.400 e. The highest BCUT2D eigenvalue weighted by Gasteiger charge is 2.16. The van der Waals surface area contributed by atoms with Gasteiger partial charge < -0.3 is 8.85 Å². The number of hydrogen-bond donors (Lipinski definition) is 0. The van der Waals surface area contributed by atoms with E-state index in [-0.39, 0.29) is 5.92 Å². The summed E-state index contributed by atoms with van der Waals surface area (Å²) in [6.45, 7) is 2.08. The molecule has 0 rings (SSSR count). The van der Waals surface area contributed by atoms with Crippen LogP contribution in [0.3, 0.4) is 0 Å². The van der Waals surface area contributed by atoms with E-state index in [4.69, 9.17) is 14.1 Å². The van der Waals surface area contributed by atoms with Crippen LogP contribution in [0.2, 0.25) is 6.04 Å². The Morgan fingerprint density at radius 3 is 2.33 bits per heavy atom. The molecule has 0 saturated carbocycles. The van der Waals surface area contributed by atoms with Gasteiger partial charge in [-0.1, -0.05) is 13.3 Å². The second kappa shape index (κ2) is 7.29. The number of rotatable bonds is 6. The summed E-state index contributed by atoms with van der Waals surface area (Å²) < 4.78 is 10.3. The highest BCUT2D eigenvalue weighted by Crippen LogP contribution is 2.13. The second-order valence-corrected chi connectivity index (χ2v) is 5.02. The van der Waals surface area contributed by atoms with Gasteiger partial charge in [-0.2, -0.15) is 5.26 Å². The Kier molecular flexibility index (Phi) is 7.06. The summed E-state index contributed by atoms with van der Waals surface area (Å²) in [7, 11) is 1.79. The molecule has 0 fully saturated rings. The normalized spacial score (nSPS) is 12.9. The SMILES string of the molecule is CCCC(C#N)C[SiH](OC)OC. The van der Waals surface area contributed by atoms with Crippen molar-refractivity contribution in [3.05, 3.63) is 0 Å². The first-order valence-corrected chi connectivity index (χ1v) is 5.99. The van der Waals surface area contributed by atoms with Crippen molar-refractivity contribution in [1.29, 1.82) is 5.26 Å². The third kappa shape index (κ3) is 4.49. The highest BCUT2D eigenvalue weighted by molar-refractivity contribution is 6.44. The molecule has 0 amide bonds. The number of nitriles is 1. The lowest BCUT2D eigenvalue weighted by atomic mass is 10.1. The Morgan fingerprint density at radius 1 is 1.42 bits per heavy atom. The van der Waals surface area contributed by atoms with Crippen LogP contribution in [-0.4, -0.2) is 23.5 Å². The molecule has 0 aliphatic carbocycles. The summed E-state index contributed by atoms with van der Waals surface area (Å²) in [6.07, 6.45) is 2.00. The summed E-state index contributed by atoms with van der Waals surface area (Å²) in [4.78, 5) is 0. The van der Waals surface area contributed by atoms with E-state index in [0.29, 0.717) is 0 Å². The van der Waals surface area contributed by atoms with Gasteiger partial charge in [0.2, 0.25) is 0 Å². The predicted octanol–water partition coefficient (Wildman–Crippen LogP) is 1.44. The molecule has 0 aromatic heterocycles. The molecule has 12 heavy (non-hydrogen) atoms. The fourth-order valence-electron chi connectivity index (χ4n) is 1.10. The molecule has 0 aromatic carbocycles. The fourth-order valence-corrected chi connectivity index (χ4v) is 2.49. The van der Waals surface area contributed by atoms with Gasteiger partial charge in [-0.25, -0.2) is 0 Å². The van der Waals surface area contributed by atoms with Crippen molar-refractivity contribution in [2.45, 2.75) is 25.8 Å². The first kappa shape index (κ1) is 11.6. The van der Waals surface area contributed by atoms with Gasteiger partial charge in [0.15, 0.2) is 0 Å². The van der Waals surface area contributed by atoms with E-state index in [2.05, 4.69) is 13.0 Å². The zero-order valence-electron chi connectivity index (χ0n) is 8.04. The number of nitrogens with zero attached hydrogens (tertiary/aromatic N) is 1. The van der Waals surface area contributed by atoms with E-state index in [0.717, 1.165) is 18.9 Å². The van der Waals surface area contributed by atoms with Gasteiger partial charge in [-0.05, 0) is 6.42 Å². The van der Waals surface area contributed by atoms with E-state index in [1.807, 2.05) is 0 Å². The molecule has 0 bridgehead atoms. The maximum Gasteiger partial charge on any atom is 0.322 e. The molecular formula is C8H17NO2Si. The standard InChI is InChI=1S/C8H17NO2Si/c1-4-5-8(6-9)7-12(10-2)11-3/h8,12H,4-5,7H2,1-3H3. The molecule has 4 heteroatoms. The van der Waals surface area contributed by atoms with Gasteiger partial charge in [0.1, 0.15) is 0 Å². The zero-order valence-corrected chi connectivity index (χ0v) is 9.19. The van der Waals surface area contributed by atoms with Crippen molar-refractivity contribution in [3.63, 3.8) is 0 Å². The summed E-state index contributed by atoms with van der Waals surface area (Å²) >= 11 is 0. The summed E-state index contributed by atoms with van der Waals surface area (Å²) in [5.41, 5.74) is 0. The maximum absolute atomic E-state index is 8.76. The molecule has 0 N–H and O–H groups in total. The van der Waals surface area contributed by atoms with Crippen LogP contribution in [0.4, 0.5) is 0 Å². The van der Waals surface area contributed by atoms with Crippen LogP contribution in [0.25, 0.3) is 0 Å². The van der Waals surface area contributed by atoms with Gasteiger partial charge in [-0.3, -0.25) is 0 Å². The summed E-state index contributed by atoms with van der Waals surface area (Å²) in [5, 5.41) is 8.76. The van der Waals surface area contributed by atoms with Crippen LogP contribution in [0, 0.1) is 17.2 Å². The van der Waals surface area contributed by atoms with Crippen LogP contribution in [0.1, 0.15) is 19.8 Å². The van der Waals surface area contributed by atoms with Gasteiger partial charge in [-0.15, -0.1) is 0 Å². The van der Waals surface area contributed by atoms with Gasteiger partial charge in [0.25, 0.3) is 0 Å². The molecular weight excluding hydrogens is 170 g/mol. The van der Waals surface area contributed by atoms with E-state index in [1.165, 1.54) is 0 Å². The fraction of sp³-hybridized carbons (Fsp3) is 0.875. The molecule has 0 heterocycles. The van der Waals surface area contributed by atoms with E-state index < -0.39 is 9.28 Å². The first-order chi connectivity index (χ1) is 5.78. The van der Waals surface area contributed by atoms with Gasteiger partial charge >= 0.3 is 9.28 Å². The van der Waals surface area contributed by atoms with Crippen LogP contribution in [0.15, 0.2) is 0 Å². The summed E-state index contributed by atoms with van der Waals surface area (Å²) in [6, 6.07) is 3.08. The molecule has 0 saturated heterocycles. The first-order valence-electron chi connectivity index (χ1n) is 4.23. The Bertz CT molecular complexity index is 142. The molecule has 0 aliphatic rings. The Balaban J connectivity index is 3.76. The van der Waals surface area contributed by atoms with Crippen molar-refractivity contribution in [2.75, 3.05) is 14.2 Å². The third-order valence-electron chi connectivity index (χ3n) is 1.82. The molecule has 0 radical (unpaired) electrons. The van der Waals surface area contributed by atoms with Crippen molar-refractivity contribution < 1.29 is 8.85 Å². The smallest absolute Gasteiger partial charge is 0.322 e. The minimum absolute atomic E-state index is 0.117. The van der Waals surface area contributed by atoms with E-state index in [9.17, 15) is 0 Å². The van der Waals surface area contributed by atoms with E-state index >= 15 is 0 Å². The van der Waals surface area contributed by atoms with Gasteiger partial charge in [0, 0.05) is 26.2 Å². The maximum atomic E-state index is 8.76. The lowest BCUT2D eigenvalue weighted by Gasteiger charge is -2.13. The highest BCUT2D eigenvalue weighted by atomic mass is 28.3. The van der Waals surface area contributed by atoms with Crippen molar-refractivity contribution in [2.24, 2.45) is 5.92 Å².